The minimum Gasteiger partial charge on any atom is -0.378 e. The second-order valence-electron chi connectivity index (χ2n) is 6.06. The van der Waals surface area contributed by atoms with E-state index in [1.165, 1.54) is 12.1 Å². The van der Waals surface area contributed by atoms with Gasteiger partial charge < -0.3 is 14.6 Å². The fourth-order valence-corrected chi connectivity index (χ4v) is 4.59. The predicted octanol–water partition coefficient (Wildman–Crippen LogP) is 3.27. The van der Waals surface area contributed by atoms with E-state index in [-0.39, 0.29) is 11.4 Å². The lowest BCUT2D eigenvalue weighted by Gasteiger charge is -2.25. The molecule has 0 atom stereocenters. The van der Waals surface area contributed by atoms with Crippen LogP contribution in [0.3, 0.4) is 0 Å². The Bertz CT molecular complexity index is 1180. The highest BCUT2D eigenvalue weighted by atomic mass is 32.1. The number of nitrogens with one attached hydrogen (secondary N) is 1. The highest BCUT2D eigenvalue weighted by Crippen LogP contribution is 2.39. The summed E-state index contributed by atoms with van der Waals surface area (Å²) in [4.78, 5) is 22.2. The number of aromatic nitrogens is 2. The molecule has 1 N–H and O–H groups in total. The zero-order chi connectivity index (χ0) is 17.0. The molecular weight excluding hydrogens is 341 g/mol. The van der Waals surface area contributed by atoms with E-state index in [2.05, 4.69) is 9.88 Å². The highest BCUT2D eigenvalue weighted by Gasteiger charge is 2.20. The molecule has 25 heavy (non-hydrogen) atoms. The topological polar surface area (TPSA) is 58.2 Å². The fourth-order valence-electron chi connectivity index (χ4n) is 3.43. The third-order valence-electron chi connectivity index (χ3n) is 4.61. The van der Waals surface area contributed by atoms with Gasteiger partial charge in [-0.2, -0.15) is 0 Å². The van der Waals surface area contributed by atoms with E-state index >= 15 is 0 Å². The van der Waals surface area contributed by atoms with Crippen LogP contribution in [0.4, 0.5) is 9.52 Å². The molecule has 7 heteroatoms. The molecule has 1 aliphatic heterocycles. The summed E-state index contributed by atoms with van der Waals surface area (Å²) in [5, 5.41) is 3.65. The van der Waals surface area contributed by atoms with Crippen molar-refractivity contribution in [2.24, 2.45) is 0 Å². The van der Waals surface area contributed by atoms with Crippen molar-refractivity contribution in [3.8, 4) is 0 Å². The SMILES string of the molecule is O=c1[nH]ccc2c3sc(N4CCOCC4)nc3c3ccc(F)cc3c12. The van der Waals surface area contributed by atoms with E-state index in [1.807, 2.05) is 6.07 Å². The number of H-pyrrole nitrogens is 1. The van der Waals surface area contributed by atoms with Gasteiger partial charge in [-0.1, -0.05) is 11.3 Å². The average Bonchev–Trinajstić information content (AvgIpc) is 3.08. The summed E-state index contributed by atoms with van der Waals surface area (Å²) in [6, 6.07) is 6.41. The smallest absolute Gasteiger partial charge is 0.256 e. The summed E-state index contributed by atoms with van der Waals surface area (Å²) in [7, 11) is 0. The summed E-state index contributed by atoms with van der Waals surface area (Å²) < 4.78 is 20.2. The van der Waals surface area contributed by atoms with Crippen LogP contribution in [0, 0.1) is 5.82 Å². The van der Waals surface area contributed by atoms with E-state index in [1.54, 1.807) is 23.6 Å². The number of nitrogens with zero attached hydrogens (tertiary/aromatic N) is 2. The van der Waals surface area contributed by atoms with Crippen LogP contribution < -0.4 is 10.5 Å². The van der Waals surface area contributed by atoms with Crippen molar-refractivity contribution in [3.05, 3.63) is 46.6 Å². The third kappa shape index (κ3) is 2.23. The van der Waals surface area contributed by atoms with E-state index in [0.717, 1.165) is 39.2 Å². The van der Waals surface area contributed by atoms with Crippen LogP contribution in [0.2, 0.25) is 0 Å². The molecule has 1 saturated heterocycles. The molecule has 1 fully saturated rings. The first kappa shape index (κ1) is 14.8. The largest absolute Gasteiger partial charge is 0.378 e. The predicted molar refractivity (Wildman–Crippen MR) is 98.2 cm³/mol. The van der Waals surface area contributed by atoms with Gasteiger partial charge in [0.1, 0.15) is 5.82 Å². The minimum atomic E-state index is -0.361. The van der Waals surface area contributed by atoms with Gasteiger partial charge in [0.15, 0.2) is 5.13 Å². The monoisotopic (exact) mass is 355 g/mol. The summed E-state index contributed by atoms with van der Waals surface area (Å²) in [6.45, 7) is 2.96. The van der Waals surface area contributed by atoms with E-state index < -0.39 is 0 Å². The van der Waals surface area contributed by atoms with Crippen LogP contribution in [0.25, 0.3) is 31.8 Å². The molecule has 3 heterocycles. The lowest BCUT2D eigenvalue weighted by molar-refractivity contribution is 0.122. The van der Waals surface area contributed by atoms with Crippen LogP contribution in [0.1, 0.15) is 0 Å². The van der Waals surface area contributed by atoms with Gasteiger partial charge in [0, 0.05) is 35.4 Å². The number of halogens is 1. The molecule has 0 unspecified atom stereocenters. The van der Waals surface area contributed by atoms with E-state index in [0.29, 0.717) is 24.0 Å². The quantitative estimate of drug-likeness (QED) is 0.533. The van der Waals surface area contributed by atoms with E-state index in [4.69, 9.17) is 9.72 Å². The van der Waals surface area contributed by atoms with Gasteiger partial charge in [-0.3, -0.25) is 4.79 Å². The van der Waals surface area contributed by atoms with Gasteiger partial charge in [-0.05, 0) is 24.3 Å². The summed E-state index contributed by atoms with van der Waals surface area (Å²) >= 11 is 1.57. The number of hydrogen-bond donors (Lipinski definition) is 1. The standard InChI is InChI=1S/C18H14FN3O2S/c19-10-1-2-11-13(9-10)14-12(3-4-20-17(14)23)16-15(11)21-18(25-16)22-5-7-24-8-6-22/h1-4,9H,5-8H2,(H,20,23). The number of benzene rings is 2. The third-order valence-corrected chi connectivity index (χ3v) is 5.76. The van der Waals surface area contributed by atoms with Gasteiger partial charge in [0.25, 0.3) is 5.56 Å². The Kier molecular flexibility index (Phi) is 3.26. The number of pyridine rings is 1. The number of thiazole rings is 1. The molecule has 5 rings (SSSR count). The number of anilines is 1. The lowest BCUT2D eigenvalue weighted by atomic mass is 10.0. The van der Waals surface area contributed by atoms with Crippen LogP contribution >= 0.6 is 11.3 Å². The maximum atomic E-state index is 13.8. The van der Waals surface area contributed by atoms with E-state index in [9.17, 15) is 9.18 Å². The summed E-state index contributed by atoms with van der Waals surface area (Å²) in [5.41, 5.74) is 0.607. The molecule has 1 aliphatic rings. The maximum Gasteiger partial charge on any atom is 0.256 e. The van der Waals surface area contributed by atoms with Crippen molar-refractivity contribution >= 4 is 48.2 Å². The molecule has 5 nitrogen and oxygen atoms in total. The van der Waals surface area contributed by atoms with Gasteiger partial charge in [-0.25, -0.2) is 9.37 Å². The van der Waals surface area contributed by atoms with Gasteiger partial charge in [-0.15, -0.1) is 0 Å². The zero-order valence-corrected chi connectivity index (χ0v) is 14.0. The Hall–Kier alpha value is -2.51. The van der Waals surface area contributed by atoms with Crippen LogP contribution in [-0.4, -0.2) is 36.3 Å². The first-order valence-electron chi connectivity index (χ1n) is 8.08. The molecule has 0 aliphatic carbocycles. The van der Waals surface area contributed by atoms with Crippen LogP contribution in [0.5, 0.6) is 0 Å². The Morgan fingerprint density at radius 1 is 1.16 bits per heavy atom. The molecule has 0 amide bonds. The Morgan fingerprint density at radius 3 is 2.84 bits per heavy atom. The van der Waals surface area contributed by atoms with Crippen molar-refractivity contribution in [2.75, 3.05) is 31.2 Å². The van der Waals surface area contributed by atoms with Crippen LogP contribution in [-0.2, 0) is 4.74 Å². The Balaban J connectivity index is 1.91. The van der Waals surface area contributed by atoms with Crippen LogP contribution in [0.15, 0.2) is 35.3 Å². The Labute approximate surface area is 145 Å². The number of fused-ring (bicyclic) bond motifs is 6. The summed E-state index contributed by atoms with van der Waals surface area (Å²) in [6.07, 6.45) is 1.63. The second kappa shape index (κ2) is 5.50. The highest BCUT2D eigenvalue weighted by molar-refractivity contribution is 7.23. The number of hydrogen-bond acceptors (Lipinski definition) is 5. The normalized spacial score (nSPS) is 15.5. The number of rotatable bonds is 1. The summed E-state index contributed by atoms with van der Waals surface area (Å²) in [5.74, 6) is -0.361. The molecule has 2 aromatic carbocycles. The van der Waals surface area contributed by atoms with Crippen molar-refractivity contribution in [1.82, 2.24) is 9.97 Å². The molecule has 0 spiro atoms. The lowest BCUT2D eigenvalue weighted by Crippen LogP contribution is -2.36. The number of aromatic amines is 1. The first-order chi connectivity index (χ1) is 12.2. The molecule has 4 aromatic rings. The van der Waals surface area contributed by atoms with Crippen molar-refractivity contribution in [2.45, 2.75) is 0 Å². The number of morpholine rings is 1. The van der Waals surface area contributed by atoms with Crippen molar-refractivity contribution in [3.63, 3.8) is 0 Å². The molecule has 0 bridgehead atoms. The molecule has 0 radical (unpaired) electrons. The van der Waals surface area contributed by atoms with Gasteiger partial charge >= 0.3 is 0 Å². The zero-order valence-electron chi connectivity index (χ0n) is 13.2. The number of ether oxygens (including phenoxy) is 1. The molecule has 0 saturated carbocycles. The molecular formula is C18H14FN3O2S. The van der Waals surface area contributed by atoms with Crippen molar-refractivity contribution in [1.29, 1.82) is 0 Å². The second-order valence-corrected chi connectivity index (χ2v) is 7.04. The van der Waals surface area contributed by atoms with Gasteiger partial charge in [0.05, 0.1) is 28.8 Å². The average molecular weight is 355 g/mol. The minimum absolute atomic E-state index is 0.212. The fraction of sp³-hybridized carbons (Fsp3) is 0.222. The van der Waals surface area contributed by atoms with Crippen molar-refractivity contribution < 1.29 is 9.13 Å². The molecule has 126 valence electrons. The Morgan fingerprint density at radius 2 is 2.00 bits per heavy atom. The maximum absolute atomic E-state index is 13.8. The first-order valence-corrected chi connectivity index (χ1v) is 8.90. The molecule has 2 aromatic heterocycles. The van der Waals surface area contributed by atoms with Gasteiger partial charge in [0.2, 0.25) is 0 Å².